The molecule has 0 unspecified atom stereocenters. The molecule has 0 aromatic carbocycles. The summed E-state index contributed by atoms with van der Waals surface area (Å²) in [7, 11) is 0. The number of amides is 1. The van der Waals surface area contributed by atoms with Gasteiger partial charge in [0, 0.05) is 19.7 Å². The molecule has 6 heteroatoms. The normalized spacial score (nSPS) is 16.4. The summed E-state index contributed by atoms with van der Waals surface area (Å²) < 4.78 is 5.57. The molecule has 19 heavy (non-hydrogen) atoms. The number of hydrogen-bond acceptors (Lipinski definition) is 5. The number of rotatable bonds is 4. The van der Waals surface area contributed by atoms with E-state index in [0.717, 1.165) is 19.4 Å². The van der Waals surface area contributed by atoms with Crippen molar-refractivity contribution in [3.63, 3.8) is 0 Å². The zero-order chi connectivity index (χ0) is 13.7. The van der Waals surface area contributed by atoms with Gasteiger partial charge in [0.2, 0.25) is 0 Å². The Hall–Kier alpha value is -1.66. The molecule has 0 radical (unpaired) electrons. The summed E-state index contributed by atoms with van der Waals surface area (Å²) in [5.74, 6) is 5.74. The van der Waals surface area contributed by atoms with E-state index >= 15 is 0 Å². The summed E-state index contributed by atoms with van der Waals surface area (Å²) in [6, 6.07) is 5.19. The van der Waals surface area contributed by atoms with Gasteiger partial charge in [-0.05, 0) is 31.9 Å². The van der Waals surface area contributed by atoms with E-state index in [1.54, 1.807) is 18.2 Å². The van der Waals surface area contributed by atoms with Crippen LogP contribution in [0.5, 0.6) is 0 Å². The molecule has 6 nitrogen and oxygen atoms in total. The van der Waals surface area contributed by atoms with Crippen LogP contribution in [-0.4, -0.2) is 41.6 Å². The SMILES string of the molecule is CCOC1CCN(C(=O)c2cccc(NN)n2)CC1. The maximum atomic E-state index is 12.3. The Bertz CT molecular complexity index is 430. The molecule has 0 spiro atoms. The Morgan fingerprint density at radius 1 is 1.53 bits per heavy atom. The number of nitrogens with one attached hydrogen (secondary N) is 1. The Balaban J connectivity index is 1.97. The number of hydrazine groups is 1. The van der Waals surface area contributed by atoms with Crippen LogP contribution in [0.1, 0.15) is 30.3 Å². The van der Waals surface area contributed by atoms with E-state index in [1.807, 2.05) is 11.8 Å². The number of likely N-dealkylation sites (tertiary alicyclic amines) is 1. The van der Waals surface area contributed by atoms with Crippen molar-refractivity contribution in [1.82, 2.24) is 9.88 Å². The predicted molar refractivity (Wildman–Crippen MR) is 72.6 cm³/mol. The molecular weight excluding hydrogens is 244 g/mol. The van der Waals surface area contributed by atoms with Gasteiger partial charge < -0.3 is 15.1 Å². The van der Waals surface area contributed by atoms with Gasteiger partial charge in [-0.3, -0.25) is 4.79 Å². The molecule has 0 saturated carbocycles. The number of hydrogen-bond donors (Lipinski definition) is 2. The quantitative estimate of drug-likeness (QED) is 0.626. The molecule has 1 aromatic rings. The summed E-state index contributed by atoms with van der Waals surface area (Å²) in [6.07, 6.45) is 2.04. The van der Waals surface area contributed by atoms with Crippen molar-refractivity contribution in [2.75, 3.05) is 25.1 Å². The molecule has 1 aliphatic heterocycles. The van der Waals surface area contributed by atoms with Crippen LogP contribution in [0.4, 0.5) is 5.82 Å². The highest BCUT2D eigenvalue weighted by molar-refractivity contribution is 5.92. The van der Waals surface area contributed by atoms with Crippen LogP contribution in [0, 0.1) is 0 Å². The maximum absolute atomic E-state index is 12.3. The fraction of sp³-hybridized carbons (Fsp3) is 0.538. The molecule has 0 bridgehead atoms. The second-order valence-electron chi connectivity index (χ2n) is 4.50. The first-order valence-electron chi connectivity index (χ1n) is 6.59. The lowest BCUT2D eigenvalue weighted by Gasteiger charge is -2.31. The summed E-state index contributed by atoms with van der Waals surface area (Å²) in [6.45, 7) is 4.15. The van der Waals surface area contributed by atoms with E-state index in [9.17, 15) is 4.79 Å². The molecule has 104 valence electrons. The number of carbonyl (C=O) groups excluding carboxylic acids is 1. The second-order valence-corrected chi connectivity index (χ2v) is 4.50. The third-order valence-electron chi connectivity index (χ3n) is 3.25. The minimum absolute atomic E-state index is 0.0490. The Labute approximate surface area is 112 Å². The molecular formula is C13H20N4O2. The van der Waals surface area contributed by atoms with Crippen molar-refractivity contribution >= 4 is 11.7 Å². The van der Waals surface area contributed by atoms with Crippen LogP contribution in [0.3, 0.4) is 0 Å². The van der Waals surface area contributed by atoms with Crippen LogP contribution < -0.4 is 11.3 Å². The van der Waals surface area contributed by atoms with Crippen LogP contribution in [0.2, 0.25) is 0 Å². The van der Waals surface area contributed by atoms with Crippen molar-refractivity contribution in [3.8, 4) is 0 Å². The van der Waals surface area contributed by atoms with E-state index in [2.05, 4.69) is 10.4 Å². The molecule has 1 saturated heterocycles. The topological polar surface area (TPSA) is 80.5 Å². The van der Waals surface area contributed by atoms with Crippen molar-refractivity contribution < 1.29 is 9.53 Å². The first-order valence-corrected chi connectivity index (χ1v) is 6.59. The number of carbonyl (C=O) groups is 1. The monoisotopic (exact) mass is 264 g/mol. The number of nitrogens with zero attached hydrogens (tertiary/aromatic N) is 2. The number of aromatic nitrogens is 1. The molecule has 1 amide bonds. The van der Waals surface area contributed by atoms with Crippen LogP contribution in [0.15, 0.2) is 18.2 Å². The van der Waals surface area contributed by atoms with E-state index in [0.29, 0.717) is 24.6 Å². The summed E-state index contributed by atoms with van der Waals surface area (Å²) in [5, 5.41) is 0. The Morgan fingerprint density at radius 2 is 2.26 bits per heavy atom. The number of anilines is 1. The minimum Gasteiger partial charge on any atom is -0.378 e. The van der Waals surface area contributed by atoms with Gasteiger partial charge in [0.05, 0.1) is 6.10 Å². The van der Waals surface area contributed by atoms with E-state index < -0.39 is 0 Å². The van der Waals surface area contributed by atoms with Crippen LogP contribution in [0.25, 0.3) is 0 Å². The number of nitrogen functional groups attached to an aromatic ring is 1. The van der Waals surface area contributed by atoms with Crippen molar-refractivity contribution in [1.29, 1.82) is 0 Å². The zero-order valence-corrected chi connectivity index (χ0v) is 11.1. The average Bonchev–Trinajstić information content (AvgIpc) is 2.48. The molecule has 1 aromatic heterocycles. The number of piperidine rings is 1. The van der Waals surface area contributed by atoms with Crippen LogP contribution >= 0.6 is 0 Å². The van der Waals surface area contributed by atoms with E-state index in [4.69, 9.17) is 10.6 Å². The van der Waals surface area contributed by atoms with Gasteiger partial charge in [0.25, 0.3) is 5.91 Å². The lowest BCUT2D eigenvalue weighted by atomic mass is 10.1. The number of ether oxygens (including phenoxy) is 1. The second kappa shape index (κ2) is 6.49. The molecule has 0 aliphatic carbocycles. The summed E-state index contributed by atoms with van der Waals surface area (Å²) >= 11 is 0. The maximum Gasteiger partial charge on any atom is 0.272 e. The highest BCUT2D eigenvalue weighted by Crippen LogP contribution is 2.16. The Morgan fingerprint density at radius 3 is 2.89 bits per heavy atom. The lowest BCUT2D eigenvalue weighted by Crippen LogP contribution is -2.41. The van der Waals surface area contributed by atoms with Gasteiger partial charge in [-0.2, -0.15) is 0 Å². The predicted octanol–water partition coefficient (Wildman–Crippen LogP) is 1.01. The fourth-order valence-electron chi connectivity index (χ4n) is 2.26. The minimum atomic E-state index is -0.0490. The Kier molecular flexibility index (Phi) is 4.70. The smallest absolute Gasteiger partial charge is 0.272 e. The highest BCUT2D eigenvalue weighted by atomic mass is 16.5. The van der Waals surface area contributed by atoms with Gasteiger partial charge >= 0.3 is 0 Å². The van der Waals surface area contributed by atoms with Crippen molar-refractivity contribution in [2.24, 2.45) is 5.84 Å². The number of nitrogens with two attached hydrogens (primary N) is 1. The van der Waals surface area contributed by atoms with Crippen molar-refractivity contribution in [3.05, 3.63) is 23.9 Å². The lowest BCUT2D eigenvalue weighted by molar-refractivity contribution is 0.0144. The third kappa shape index (κ3) is 3.42. The first kappa shape index (κ1) is 13.8. The largest absolute Gasteiger partial charge is 0.378 e. The fourth-order valence-corrected chi connectivity index (χ4v) is 2.26. The van der Waals surface area contributed by atoms with Gasteiger partial charge in [0.1, 0.15) is 11.5 Å². The van der Waals surface area contributed by atoms with Crippen LogP contribution in [-0.2, 0) is 4.74 Å². The zero-order valence-electron chi connectivity index (χ0n) is 11.1. The average molecular weight is 264 g/mol. The van der Waals surface area contributed by atoms with Gasteiger partial charge in [-0.1, -0.05) is 6.07 Å². The number of pyridine rings is 1. The first-order chi connectivity index (χ1) is 9.24. The molecule has 0 atom stereocenters. The van der Waals surface area contributed by atoms with Gasteiger partial charge in [0.15, 0.2) is 0 Å². The summed E-state index contributed by atoms with van der Waals surface area (Å²) in [4.78, 5) is 18.3. The molecule has 1 aliphatic rings. The standard InChI is InChI=1S/C13H20N4O2/c1-2-19-10-6-8-17(9-7-10)13(18)11-4-3-5-12(15-11)16-14/h3-5,10H,2,6-9,14H2,1H3,(H,15,16). The van der Waals surface area contributed by atoms with Crippen molar-refractivity contribution in [2.45, 2.75) is 25.9 Å². The molecule has 1 fully saturated rings. The molecule has 3 N–H and O–H groups in total. The third-order valence-corrected chi connectivity index (χ3v) is 3.25. The van der Waals surface area contributed by atoms with E-state index in [1.165, 1.54) is 0 Å². The van der Waals surface area contributed by atoms with Gasteiger partial charge in [-0.25, -0.2) is 10.8 Å². The van der Waals surface area contributed by atoms with E-state index in [-0.39, 0.29) is 12.0 Å². The molecule has 2 rings (SSSR count). The molecule has 2 heterocycles. The summed E-state index contributed by atoms with van der Waals surface area (Å²) in [5.41, 5.74) is 2.87. The highest BCUT2D eigenvalue weighted by Gasteiger charge is 2.24. The van der Waals surface area contributed by atoms with Gasteiger partial charge in [-0.15, -0.1) is 0 Å².